The molecule has 3 heterocycles. The highest BCUT2D eigenvalue weighted by atomic mass is 32.2. The maximum Gasteiger partial charge on any atom is 0.250 e. The molecule has 2 aromatic heterocycles. The predicted octanol–water partition coefficient (Wildman–Crippen LogP) is 2.05. The first-order valence-electron chi connectivity index (χ1n) is 7.95. The summed E-state index contributed by atoms with van der Waals surface area (Å²) in [6.45, 7) is 4.92. The van der Waals surface area contributed by atoms with Crippen LogP contribution in [-0.4, -0.2) is 43.7 Å². The van der Waals surface area contributed by atoms with Crippen LogP contribution in [0.25, 0.3) is 0 Å². The van der Waals surface area contributed by atoms with Gasteiger partial charge in [0.25, 0.3) is 5.56 Å². The summed E-state index contributed by atoms with van der Waals surface area (Å²) in [5, 5.41) is 0.834. The minimum Gasteiger partial charge on any atom is -0.313 e. The van der Waals surface area contributed by atoms with Crippen LogP contribution in [-0.2, 0) is 6.54 Å². The van der Waals surface area contributed by atoms with E-state index in [-0.39, 0.29) is 5.56 Å². The molecule has 0 bridgehead atoms. The number of aromatic nitrogens is 4. The normalized spacial score (nSPS) is 18.9. The molecule has 6 nitrogen and oxygen atoms in total. The van der Waals surface area contributed by atoms with Crippen LogP contribution in [0.3, 0.4) is 0 Å². The zero-order valence-corrected chi connectivity index (χ0v) is 14.1. The lowest BCUT2D eigenvalue weighted by Gasteiger charge is -2.32. The Morgan fingerprint density at radius 1 is 1.35 bits per heavy atom. The van der Waals surface area contributed by atoms with Crippen LogP contribution in [0.2, 0.25) is 0 Å². The van der Waals surface area contributed by atoms with E-state index in [9.17, 15) is 4.79 Å². The number of nitrogens with one attached hydrogen (secondary N) is 1. The lowest BCUT2D eigenvalue weighted by Crippen LogP contribution is -2.34. The van der Waals surface area contributed by atoms with Gasteiger partial charge < -0.3 is 4.98 Å². The molecular formula is C16H21N5OS. The maximum absolute atomic E-state index is 11.5. The van der Waals surface area contributed by atoms with Crippen molar-refractivity contribution < 1.29 is 0 Å². The largest absolute Gasteiger partial charge is 0.313 e. The second-order valence-corrected chi connectivity index (χ2v) is 6.95. The standard InChI is InChI=1S/C16H21N5OS/c1-2-23-16-17-7-12(8-18-16)9-21-5-3-4-13(10-21)14-6-15(22)20-11-19-14/h6-8,11,13H,2-5,9-10H2,1H3,(H,19,20,22)/t13-/m0/s1. The van der Waals surface area contributed by atoms with E-state index in [1.807, 2.05) is 12.4 Å². The number of H-pyrrole nitrogens is 1. The zero-order chi connectivity index (χ0) is 16.1. The van der Waals surface area contributed by atoms with Crippen molar-refractivity contribution in [2.75, 3.05) is 18.8 Å². The highest BCUT2D eigenvalue weighted by Crippen LogP contribution is 2.25. The van der Waals surface area contributed by atoms with Crippen molar-refractivity contribution in [3.05, 3.63) is 46.4 Å². The van der Waals surface area contributed by atoms with E-state index in [0.717, 1.165) is 54.6 Å². The Labute approximate surface area is 139 Å². The van der Waals surface area contributed by atoms with Crippen LogP contribution in [0.1, 0.15) is 36.9 Å². The Kier molecular flexibility index (Phi) is 5.40. The molecule has 0 amide bonds. The van der Waals surface area contributed by atoms with E-state index in [4.69, 9.17) is 0 Å². The third-order valence-corrected chi connectivity index (χ3v) is 4.74. The Morgan fingerprint density at radius 2 is 2.17 bits per heavy atom. The lowest BCUT2D eigenvalue weighted by atomic mass is 9.94. The van der Waals surface area contributed by atoms with Gasteiger partial charge in [0.05, 0.1) is 12.0 Å². The van der Waals surface area contributed by atoms with E-state index in [0.29, 0.717) is 5.92 Å². The summed E-state index contributed by atoms with van der Waals surface area (Å²) >= 11 is 1.65. The van der Waals surface area contributed by atoms with E-state index in [1.54, 1.807) is 17.8 Å². The first kappa shape index (κ1) is 16.1. The number of aromatic amines is 1. The fourth-order valence-corrected chi connectivity index (χ4v) is 3.45. The predicted molar refractivity (Wildman–Crippen MR) is 90.5 cm³/mol. The molecule has 0 spiro atoms. The van der Waals surface area contributed by atoms with Gasteiger partial charge in [-0.3, -0.25) is 9.69 Å². The summed E-state index contributed by atoms with van der Waals surface area (Å²) in [5.74, 6) is 1.30. The van der Waals surface area contributed by atoms with Gasteiger partial charge in [0.15, 0.2) is 5.16 Å². The van der Waals surface area contributed by atoms with Gasteiger partial charge in [-0.15, -0.1) is 0 Å². The van der Waals surface area contributed by atoms with Crippen LogP contribution in [0, 0.1) is 0 Å². The smallest absolute Gasteiger partial charge is 0.250 e. The van der Waals surface area contributed by atoms with Crippen molar-refractivity contribution in [1.29, 1.82) is 0 Å². The number of piperidine rings is 1. The highest BCUT2D eigenvalue weighted by Gasteiger charge is 2.22. The van der Waals surface area contributed by atoms with Gasteiger partial charge >= 0.3 is 0 Å². The van der Waals surface area contributed by atoms with E-state index >= 15 is 0 Å². The van der Waals surface area contributed by atoms with Gasteiger partial charge in [0.1, 0.15) is 0 Å². The van der Waals surface area contributed by atoms with Gasteiger partial charge in [0.2, 0.25) is 0 Å². The minimum atomic E-state index is -0.0791. The zero-order valence-electron chi connectivity index (χ0n) is 13.2. The first-order valence-corrected chi connectivity index (χ1v) is 8.94. The average Bonchev–Trinajstić information content (AvgIpc) is 2.57. The van der Waals surface area contributed by atoms with Gasteiger partial charge in [0, 0.05) is 43.0 Å². The summed E-state index contributed by atoms with van der Waals surface area (Å²) in [5.41, 5.74) is 1.94. The first-order chi connectivity index (χ1) is 11.2. The van der Waals surface area contributed by atoms with Crippen LogP contribution >= 0.6 is 11.8 Å². The molecule has 0 radical (unpaired) electrons. The van der Waals surface area contributed by atoms with Crippen molar-refractivity contribution in [2.45, 2.75) is 37.4 Å². The van der Waals surface area contributed by atoms with Crippen molar-refractivity contribution in [2.24, 2.45) is 0 Å². The minimum absolute atomic E-state index is 0.0791. The third-order valence-electron chi connectivity index (χ3n) is 3.98. The van der Waals surface area contributed by atoms with Gasteiger partial charge in [-0.2, -0.15) is 0 Å². The molecule has 7 heteroatoms. The van der Waals surface area contributed by atoms with Gasteiger partial charge in [-0.05, 0) is 25.1 Å². The summed E-state index contributed by atoms with van der Waals surface area (Å²) in [6, 6.07) is 1.62. The lowest BCUT2D eigenvalue weighted by molar-refractivity contribution is 0.198. The van der Waals surface area contributed by atoms with Crippen molar-refractivity contribution in [3.8, 4) is 0 Å². The number of hydrogen-bond acceptors (Lipinski definition) is 6. The Morgan fingerprint density at radius 3 is 2.91 bits per heavy atom. The fraction of sp³-hybridized carbons (Fsp3) is 0.500. The molecule has 23 heavy (non-hydrogen) atoms. The van der Waals surface area contributed by atoms with Crippen molar-refractivity contribution in [3.63, 3.8) is 0 Å². The summed E-state index contributed by atoms with van der Waals surface area (Å²) in [7, 11) is 0. The van der Waals surface area contributed by atoms with Crippen LogP contribution in [0.15, 0.2) is 34.7 Å². The highest BCUT2D eigenvalue weighted by molar-refractivity contribution is 7.99. The van der Waals surface area contributed by atoms with Crippen molar-refractivity contribution >= 4 is 11.8 Å². The van der Waals surface area contributed by atoms with Crippen LogP contribution in [0.4, 0.5) is 0 Å². The summed E-state index contributed by atoms with van der Waals surface area (Å²) in [4.78, 5) is 29.5. The molecule has 3 rings (SSSR count). The van der Waals surface area contributed by atoms with Gasteiger partial charge in [-0.25, -0.2) is 15.0 Å². The Hall–Kier alpha value is -1.73. The third kappa shape index (κ3) is 4.39. The molecule has 0 saturated carbocycles. The topological polar surface area (TPSA) is 74.8 Å². The second kappa shape index (κ2) is 7.70. The molecule has 1 aliphatic heterocycles. The Balaban J connectivity index is 1.63. The molecule has 2 aromatic rings. The summed E-state index contributed by atoms with van der Waals surface area (Å²) < 4.78 is 0. The molecule has 1 aliphatic rings. The van der Waals surface area contributed by atoms with E-state index < -0.39 is 0 Å². The number of nitrogens with zero attached hydrogens (tertiary/aromatic N) is 4. The molecule has 0 unspecified atom stereocenters. The number of hydrogen-bond donors (Lipinski definition) is 1. The second-order valence-electron chi connectivity index (χ2n) is 5.72. The van der Waals surface area contributed by atoms with Crippen LogP contribution < -0.4 is 5.56 Å². The SMILES string of the molecule is CCSc1ncc(CN2CCC[C@H](c3cc(=O)[nH]cn3)C2)cn1. The van der Waals surface area contributed by atoms with Gasteiger partial charge in [-0.1, -0.05) is 18.7 Å². The monoisotopic (exact) mass is 331 g/mol. The maximum atomic E-state index is 11.5. The number of rotatable bonds is 5. The number of thioether (sulfide) groups is 1. The molecular weight excluding hydrogens is 310 g/mol. The molecule has 1 N–H and O–H groups in total. The Bertz CT molecular complexity index is 687. The number of likely N-dealkylation sites (tertiary alicyclic amines) is 1. The molecule has 1 atom stereocenters. The average molecular weight is 331 g/mol. The molecule has 122 valence electrons. The van der Waals surface area contributed by atoms with E-state index in [1.165, 1.54) is 6.33 Å². The fourth-order valence-electron chi connectivity index (χ4n) is 2.93. The molecule has 1 saturated heterocycles. The molecule has 0 aliphatic carbocycles. The molecule has 1 fully saturated rings. The van der Waals surface area contributed by atoms with Crippen LogP contribution in [0.5, 0.6) is 0 Å². The van der Waals surface area contributed by atoms with Crippen molar-refractivity contribution in [1.82, 2.24) is 24.8 Å². The summed E-state index contributed by atoms with van der Waals surface area (Å²) in [6.07, 6.45) is 7.52. The molecule has 0 aromatic carbocycles. The van der Waals surface area contributed by atoms with E-state index in [2.05, 4.69) is 31.8 Å². The quantitative estimate of drug-likeness (QED) is 0.668.